The summed E-state index contributed by atoms with van der Waals surface area (Å²) >= 11 is 0. The summed E-state index contributed by atoms with van der Waals surface area (Å²) in [4.78, 5) is 0.0490. The largest absolute Gasteiger partial charge is 0.386 e. The first kappa shape index (κ1) is 17.0. The number of aromatic nitrogens is 2. The summed E-state index contributed by atoms with van der Waals surface area (Å²) in [5.41, 5.74) is 3.13. The van der Waals surface area contributed by atoms with Crippen LogP contribution in [0.15, 0.2) is 65.6 Å². The third-order valence-corrected chi connectivity index (χ3v) is 5.51. The van der Waals surface area contributed by atoms with Crippen molar-refractivity contribution in [2.24, 2.45) is 11.1 Å². The van der Waals surface area contributed by atoms with E-state index in [0.717, 1.165) is 24.1 Å². The molecule has 3 aromatic rings. The molecular formula is C19H19N3O3S. The van der Waals surface area contributed by atoms with Crippen molar-refractivity contribution in [1.29, 1.82) is 0 Å². The molecule has 1 aliphatic carbocycles. The average Bonchev–Trinajstić information content (AvgIpc) is 3.39. The minimum atomic E-state index is -3.74. The maximum Gasteiger partial charge on any atom is 0.238 e. The number of aliphatic hydroxyl groups excluding tert-OH is 1. The lowest BCUT2D eigenvalue weighted by atomic mass is 10.1. The fourth-order valence-corrected chi connectivity index (χ4v) is 3.50. The summed E-state index contributed by atoms with van der Waals surface area (Å²) in [6.07, 6.45) is 1.44. The summed E-state index contributed by atoms with van der Waals surface area (Å²) in [5, 5.41) is 20.2. The summed E-state index contributed by atoms with van der Waals surface area (Å²) in [6.45, 7) is 0. The van der Waals surface area contributed by atoms with Crippen molar-refractivity contribution >= 4 is 10.0 Å². The second-order valence-corrected chi connectivity index (χ2v) is 8.11. The van der Waals surface area contributed by atoms with Crippen molar-refractivity contribution in [1.82, 2.24) is 9.78 Å². The monoisotopic (exact) mass is 369 g/mol. The maximum absolute atomic E-state index is 11.5. The summed E-state index contributed by atoms with van der Waals surface area (Å²) < 4.78 is 24.7. The molecule has 134 valence electrons. The number of nitrogens with two attached hydrogens (primary N) is 1. The van der Waals surface area contributed by atoms with E-state index in [1.165, 1.54) is 12.1 Å². The second kappa shape index (κ2) is 6.35. The molecule has 1 saturated carbocycles. The zero-order chi connectivity index (χ0) is 18.3. The van der Waals surface area contributed by atoms with Gasteiger partial charge in [0.1, 0.15) is 6.10 Å². The quantitative estimate of drug-likeness (QED) is 0.722. The van der Waals surface area contributed by atoms with E-state index in [4.69, 9.17) is 5.14 Å². The molecule has 0 saturated heterocycles. The normalized spacial score (nSPS) is 15.8. The van der Waals surface area contributed by atoms with Crippen molar-refractivity contribution < 1.29 is 13.5 Å². The van der Waals surface area contributed by atoms with E-state index in [9.17, 15) is 13.5 Å². The molecule has 1 unspecified atom stereocenters. The van der Waals surface area contributed by atoms with E-state index in [-0.39, 0.29) is 10.8 Å². The van der Waals surface area contributed by atoms with E-state index >= 15 is 0 Å². The molecule has 1 heterocycles. The Hall–Kier alpha value is -2.48. The third kappa shape index (κ3) is 3.29. The topological polar surface area (TPSA) is 98.2 Å². The number of hydrogen-bond donors (Lipinski definition) is 2. The smallest absolute Gasteiger partial charge is 0.238 e. The predicted octanol–water partition coefficient (Wildman–Crippen LogP) is 2.63. The lowest BCUT2D eigenvalue weighted by Gasteiger charge is -2.08. The van der Waals surface area contributed by atoms with Gasteiger partial charge in [-0.3, -0.25) is 0 Å². The second-order valence-electron chi connectivity index (χ2n) is 6.55. The summed E-state index contributed by atoms with van der Waals surface area (Å²) in [5.74, 6) is 0.270. The highest BCUT2D eigenvalue weighted by Gasteiger charge is 2.33. The molecule has 0 spiro atoms. The van der Waals surface area contributed by atoms with E-state index < -0.39 is 16.1 Å². The minimum absolute atomic E-state index is 0.0490. The molecule has 0 radical (unpaired) electrons. The van der Waals surface area contributed by atoms with Gasteiger partial charge < -0.3 is 5.11 Å². The minimum Gasteiger partial charge on any atom is -0.386 e. The van der Waals surface area contributed by atoms with Gasteiger partial charge in [-0.15, -0.1) is 0 Å². The number of hydrogen-bond acceptors (Lipinski definition) is 4. The first-order chi connectivity index (χ1) is 12.4. The SMILES string of the molecule is NS(=O)(=O)c1ccc(-n2nc(C(O)C3CC3)cc2-c2ccccc2)cc1. The fraction of sp³-hybridized carbons (Fsp3) is 0.211. The number of benzene rings is 2. The molecule has 1 aromatic heterocycles. The first-order valence-corrected chi connectivity index (χ1v) is 9.95. The van der Waals surface area contributed by atoms with Gasteiger partial charge in [0.15, 0.2) is 0 Å². The van der Waals surface area contributed by atoms with Gasteiger partial charge in [0.2, 0.25) is 10.0 Å². The van der Waals surface area contributed by atoms with Gasteiger partial charge in [0.25, 0.3) is 0 Å². The van der Waals surface area contributed by atoms with Crippen LogP contribution in [-0.4, -0.2) is 23.3 Å². The van der Waals surface area contributed by atoms with Crippen LogP contribution in [0.1, 0.15) is 24.6 Å². The maximum atomic E-state index is 11.5. The highest BCUT2D eigenvalue weighted by Crippen LogP contribution is 2.41. The van der Waals surface area contributed by atoms with Crippen molar-refractivity contribution in [2.75, 3.05) is 0 Å². The van der Waals surface area contributed by atoms with Crippen LogP contribution in [-0.2, 0) is 10.0 Å². The highest BCUT2D eigenvalue weighted by molar-refractivity contribution is 7.89. The zero-order valence-electron chi connectivity index (χ0n) is 14.0. The predicted molar refractivity (Wildman–Crippen MR) is 98.1 cm³/mol. The van der Waals surface area contributed by atoms with Crippen LogP contribution < -0.4 is 5.14 Å². The Morgan fingerprint density at radius 1 is 1.08 bits per heavy atom. The Bertz CT molecular complexity index is 1020. The Balaban J connectivity index is 1.81. The lowest BCUT2D eigenvalue weighted by molar-refractivity contribution is 0.148. The Morgan fingerprint density at radius 3 is 2.31 bits per heavy atom. The van der Waals surface area contributed by atoms with Crippen LogP contribution in [0, 0.1) is 5.92 Å². The van der Waals surface area contributed by atoms with Crippen molar-refractivity contribution in [2.45, 2.75) is 23.8 Å². The molecule has 26 heavy (non-hydrogen) atoms. The van der Waals surface area contributed by atoms with Crippen LogP contribution in [0.5, 0.6) is 0 Å². The summed E-state index contributed by atoms with van der Waals surface area (Å²) in [6, 6.07) is 17.9. The fourth-order valence-electron chi connectivity index (χ4n) is 2.99. The van der Waals surface area contributed by atoms with Gasteiger partial charge in [-0.05, 0) is 49.1 Å². The van der Waals surface area contributed by atoms with Gasteiger partial charge in [-0.2, -0.15) is 5.10 Å². The van der Waals surface area contributed by atoms with Gasteiger partial charge in [-0.25, -0.2) is 18.2 Å². The molecule has 0 bridgehead atoms. The Labute approximate surface area is 152 Å². The lowest BCUT2D eigenvalue weighted by Crippen LogP contribution is -2.12. The zero-order valence-corrected chi connectivity index (χ0v) is 14.8. The van der Waals surface area contributed by atoms with Crippen LogP contribution in [0.3, 0.4) is 0 Å². The number of nitrogens with zero attached hydrogens (tertiary/aromatic N) is 2. The molecule has 1 aliphatic rings. The number of primary sulfonamides is 1. The molecule has 3 N–H and O–H groups in total. The van der Waals surface area contributed by atoms with E-state index in [0.29, 0.717) is 11.4 Å². The highest BCUT2D eigenvalue weighted by atomic mass is 32.2. The van der Waals surface area contributed by atoms with Crippen LogP contribution in [0.2, 0.25) is 0 Å². The average molecular weight is 369 g/mol. The van der Waals surface area contributed by atoms with Gasteiger partial charge in [-0.1, -0.05) is 30.3 Å². The van der Waals surface area contributed by atoms with Gasteiger partial charge in [0.05, 0.1) is 22.0 Å². The van der Waals surface area contributed by atoms with E-state index in [1.54, 1.807) is 16.8 Å². The van der Waals surface area contributed by atoms with Crippen LogP contribution >= 0.6 is 0 Å². The number of rotatable bonds is 5. The molecule has 2 aromatic carbocycles. The molecular weight excluding hydrogens is 350 g/mol. The van der Waals surface area contributed by atoms with Gasteiger partial charge in [0, 0.05) is 5.56 Å². The van der Waals surface area contributed by atoms with Crippen molar-refractivity contribution in [3.05, 3.63) is 66.4 Å². The summed E-state index contributed by atoms with van der Waals surface area (Å²) in [7, 11) is -3.74. The molecule has 7 heteroatoms. The van der Waals surface area contributed by atoms with E-state index in [2.05, 4.69) is 5.10 Å². The van der Waals surface area contributed by atoms with E-state index in [1.807, 2.05) is 36.4 Å². The molecule has 0 amide bonds. The molecule has 1 fully saturated rings. The van der Waals surface area contributed by atoms with Crippen molar-refractivity contribution in [3.8, 4) is 16.9 Å². The van der Waals surface area contributed by atoms with Crippen molar-refractivity contribution in [3.63, 3.8) is 0 Å². The molecule has 6 nitrogen and oxygen atoms in total. The Kier molecular flexibility index (Phi) is 4.14. The first-order valence-electron chi connectivity index (χ1n) is 8.40. The van der Waals surface area contributed by atoms with Crippen LogP contribution in [0.4, 0.5) is 0 Å². The molecule has 1 atom stereocenters. The molecule has 4 rings (SSSR count). The third-order valence-electron chi connectivity index (χ3n) is 4.58. The van der Waals surface area contributed by atoms with Crippen LogP contribution in [0.25, 0.3) is 16.9 Å². The number of aliphatic hydroxyl groups is 1. The molecule has 0 aliphatic heterocycles. The standard InChI is InChI=1S/C19H19N3O3S/c20-26(24,25)16-10-8-15(9-11-16)22-18(13-4-2-1-3-5-13)12-17(21-22)19(23)14-6-7-14/h1-5,8-12,14,19,23H,6-7H2,(H2,20,24,25). The number of sulfonamides is 1. The van der Waals surface area contributed by atoms with Gasteiger partial charge >= 0.3 is 0 Å². The Morgan fingerprint density at radius 2 is 1.73 bits per heavy atom.